The molecule has 0 saturated carbocycles. The molecule has 0 fully saturated rings. The molecule has 17 heavy (non-hydrogen) atoms. The van der Waals surface area contributed by atoms with Crippen LogP contribution in [0.4, 0.5) is 0 Å². The highest BCUT2D eigenvalue weighted by molar-refractivity contribution is 5.78. The summed E-state index contributed by atoms with van der Waals surface area (Å²) in [7, 11) is 0. The summed E-state index contributed by atoms with van der Waals surface area (Å²) < 4.78 is 5.60. The molecule has 2 aromatic rings. The first kappa shape index (κ1) is 10.6. The average Bonchev–Trinajstić information content (AvgIpc) is 2.65. The molecule has 1 aliphatic rings. The van der Waals surface area contributed by atoms with E-state index in [2.05, 4.69) is 30.7 Å². The van der Waals surface area contributed by atoms with E-state index in [1.807, 2.05) is 6.20 Å². The Hall–Kier alpha value is -1.58. The number of nitrogens with zero attached hydrogens (tertiary/aromatic N) is 2. The van der Waals surface area contributed by atoms with E-state index in [0.29, 0.717) is 0 Å². The summed E-state index contributed by atoms with van der Waals surface area (Å²) >= 11 is 0. The Morgan fingerprint density at radius 3 is 2.94 bits per heavy atom. The molecule has 0 saturated heterocycles. The summed E-state index contributed by atoms with van der Waals surface area (Å²) in [6, 6.07) is 0. The summed E-state index contributed by atoms with van der Waals surface area (Å²) in [5, 5.41) is 0. The van der Waals surface area contributed by atoms with Gasteiger partial charge in [-0.15, -0.1) is 0 Å². The lowest BCUT2D eigenvalue weighted by molar-refractivity contribution is 0.280. The van der Waals surface area contributed by atoms with Gasteiger partial charge in [0.15, 0.2) is 11.5 Å². The van der Waals surface area contributed by atoms with Crippen molar-refractivity contribution < 1.29 is 4.74 Å². The zero-order valence-corrected chi connectivity index (χ0v) is 10.5. The number of hydrogen-bond acceptors (Lipinski definition) is 3. The number of nitrogens with one attached hydrogen (secondary N) is 1. The average molecular weight is 231 g/mol. The smallest absolute Gasteiger partial charge is 0.198 e. The van der Waals surface area contributed by atoms with Crippen molar-refractivity contribution in [2.45, 2.75) is 39.0 Å². The van der Waals surface area contributed by atoms with Crippen molar-refractivity contribution in [3.8, 4) is 5.88 Å². The Balaban J connectivity index is 2.21. The summed E-state index contributed by atoms with van der Waals surface area (Å²) in [5.41, 5.74) is 4.06. The Morgan fingerprint density at radius 2 is 2.18 bits per heavy atom. The van der Waals surface area contributed by atoms with Gasteiger partial charge in [0.05, 0.1) is 18.5 Å². The SMILES string of the molecule is CC(C)(C)c1cnc2[nH]c3c(c2n1)CCCO3. The minimum absolute atomic E-state index is 0.0286. The molecule has 0 amide bonds. The van der Waals surface area contributed by atoms with Crippen molar-refractivity contribution in [3.05, 3.63) is 17.5 Å². The van der Waals surface area contributed by atoms with Gasteiger partial charge >= 0.3 is 0 Å². The minimum atomic E-state index is 0.0286. The molecule has 0 aromatic carbocycles. The van der Waals surface area contributed by atoms with Crippen LogP contribution in [-0.4, -0.2) is 21.6 Å². The van der Waals surface area contributed by atoms with Crippen LogP contribution in [0.1, 0.15) is 38.4 Å². The zero-order valence-electron chi connectivity index (χ0n) is 10.5. The maximum absolute atomic E-state index is 5.60. The molecule has 1 aliphatic heterocycles. The van der Waals surface area contributed by atoms with Gasteiger partial charge in [-0.25, -0.2) is 9.97 Å². The van der Waals surface area contributed by atoms with E-state index in [-0.39, 0.29) is 5.41 Å². The summed E-state index contributed by atoms with van der Waals surface area (Å²) in [6.45, 7) is 7.24. The highest BCUT2D eigenvalue weighted by Crippen LogP contribution is 2.31. The number of rotatable bonds is 0. The number of hydrogen-bond donors (Lipinski definition) is 1. The normalized spacial score (nSPS) is 15.7. The molecule has 4 nitrogen and oxygen atoms in total. The Bertz CT molecular complexity index is 566. The summed E-state index contributed by atoms with van der Waals surface area (Å²) in [4.78, 5) is 12.4. The van der Waals surface area contributed by atoms with E-state index >= 15 is 0 Å². The molecule has 3 heterocycles. The number of H-pyrrole nitrogens is 1. The lowest BCUT2D eigenvalue weighted by Crippen LogP contribution is -2.14. The number of fused-ring (bicyclic) bond motifs is 3. The van der Waals surface area contributed by atoms with Gasteiger partial charge in [0.2, 0.25) is 0 Å². The van der Waals surface area contributed by atoms with Crippen molar-refractivity contribution in [1.29, 1.82) is 0 Å². The number of aromatic amines is 1. The molecule has 2 aromatic heterocycles. The Kier molecular flexibility index (Phi) is 2.15. The second-order valence-corrected chi connectivity index (χ2v) is 5.59. The fourth-order valence-electron chi connectivity index (χ4n) is 2.12. The van der Waals surface area contributed by atoms with Crippen LogP contribution in [0.5, 0.6) is 5.88 Å². The summed E-state index contributed by atoms with van der Waals surface area (Å²) in [6.07, 6.45) is 3.93. The van der Waals surface area contributed by atoms with Crippen molar-refractivity contribution >= 4 is 11.2 Å². The Labute approximate surface area is 100 Å². The van der Waals surface area contributed by atoms with Gasteiger partial charge in [-0.3, -0.25) is 0 Å². The highest BCUT2D eigenvalue weighted by atomic mass is 16.5. The van der Waals surface area contributed by atoms with E-state index in [0.717, 1.165) is 42.2 Å². The standard InChI is InChI=1S/C13H17N3O/c1-13(2,3)9-7-14-11-10(15-9)8-5-4-6-17-12(8)16-11/h7H,4-6H2,1-3H3,(H,14,16). The molecule has 0 spiro atoms. The second kappa shape index (κ2) is 3.45. The predicted octanol–water partition coefficient (Wildman–Crippen LogP) is 2.58. The molecule has 0 radical (unpaired) electrons. The van der Waals surface area contributed by atoms with Gasteiger partial charge in [-0.1, -0.05) is 20.8 Å². The van der Waals surface area contributed by atoms with E-state index in [9.17, 15) is 0 Å². The third kappa shape index (κ3) is 1.68. The molecule has 0 atom stereocenters. The maximum atomic E-state index is 5.60. The van der Waals surface area contributed by atoms with Gasteiger partial charge in [-0.05, 0) is 12.8 Å². The maximum Gasteiger partial charge on any atom is 0.198 e. The molecule has 1 N–H and O–H groups in total. The van der Waals surface area contributed by atoms with Crippen LogP contribution in [0.25, 0.3) is 11.2 Å². The van der Waals surface area contributed by atoms with Crippen LogP contribution in [0, 0.1) is 0 Å². The van der Waals surface area contributed by atoms with Crippen LogP contribution in [-0.2, 0) is 11.8 Å². The van der Waals surface area contributed by atoms with Crippen LogP contribution >= 0.6 is 0 Å². The van der Waals surface area contributed by atoms with Crippen molar-refractivity contribution in [3.63, 3.8) is 0 Å². The van der Waals surface area contributed by atoms with Gasteiger partial charge in [0.25, 0.3) is 0 Å². The number of aromatic nitrogens is 3. The fraction of sp³-hybridized carbons (Fsp3) is 0.538. The third-order valence-corrected chi connectivity index (χ3v) is 3.15. The number of aryl methyl sites for hydroxylation is 1. The first-order valence-electron chi connectivity index (χ1n) is 6.06. The zero-order chi connectivity index (χ0) is 12.0. The molecule has 0 bridgehead atoms. The molecule has 90 valence electrons. The summed E-state index contributed by atoms with van der Waals surface area (Å²) in [5.74, 6) is 0.859. The molecule has 3 rings (SSSR count). The Morgan fingerprint density at radius 1 is 1.35 bits per heavy atom. The van der Waals surface area contributed by atoms with E-state index in [1.54, 1.807) is 0 Å². The van der Waals surface area contributed by atoms with E-state index in [4.69, 9.17) is 9.72 Å². The van der Waals surface area contributed by atoms with Crippen molar-refractivity contribution in [2.75, 3.05) is 6.61 Å². The van der Waals surface area contributed by atoms with Gasteiger partial charge in [-0.2, -0.15) is 0 Å². The third-order valence-electron chi connectivity index (χ3n) is 3.15. The lowest BCUT2D eigenvalue weighted by atomic mass is 9.92. The van der Waals surface area contributed by atoms with E-state index < -0.39 is 0 Å². The first-order valence-corrected chi connectivity index (χ1v) is 6.06. The van der Waals surface area contributed by atoms with Crippen LogP contribution in [0.3, 0.4) is 0 Å². The van der Waals surface area contributed by atoms with Crippen LogP contribution < -0.4 is 4.74 Å². The van der Waals surface area contributed by atoms with Gasteiger partial charge in [0, 0.05) is 11.0 Å². The topological polar surface area (TPSA) is 50.8 Å². The predicted molar refractivity (Wildman–Crippen MR) is 66.4 cm³/mol. The monoisotopic (exact) mass is 231 g/mol. The molecular formula is C13H17N3O. The fourth-order valence-corrected chi connectivity index (χ4v) is 2.12. The second-order valence-electron chi connectivity index (χ2n) is 5.59. The van der Waals surface area contributed by atoms with Crippen molar-refractivity contribution in [1.82, 2.24) is 15.0 Å². The first-order chi connectivity index (χ1) is 8.05. The molecular weight excluding hydrogens is 214 g/mol. The minimum Gasteiger partial charge on any atom is -0.479 e. The number of ether oxygens (including phenoxy) is 1. The largest absolute Gasteiger partial charge is 0.479 e. The van der Waals surface area contributed by atoms with E-state index in [1.165, 1.54) is 5.56 Å². The molecule has 0 aliphatic carbocycles. The van der Waals surface area contributed by atoms with Gasteiger partial charge in [0.1, 0.15) is 5.52 Å². The molecule has 0 unspecified atom stereocenters. The van der Waals surface area contributed by atoms with Gasteiger partial charge < -0.3 is 9.72 Å². The lowest BCUT2D eigenvalue weighted by Gasteiger charge is -2.17. The highest BCUT2D eigenvalue weighted by Gasteiger charge is 2.22. The van der Waals surface area contributed by atoms with Crippen molar-refractivity contribution in [2.24, 2.45) is 0 Å². The quantitative estimate of drug-likeness (QED) is 0.758. The van der Waals surface area contributed by atoms with Crippen LogP contribution in [0.2, 0.25) is 0 Å². The molecule has 4 heteroatoms. The van der Waals surface area contributed by atoms with Crippen LogP contribution in [0.15, 0.2) is 6.20 Å².